The molecule has 0 aromatic carbocycles. The molecule has 0 N–H and O–H groups in total. The second-order valence-electron chi connectivity index (χ2n) is 6.07. The van der Waals surface area contributed by atoms with Gasteiger partial charge in [0.25, 0.3) is 5.56 Å². The summed E-state index contributed by atoms with van der Waals surface area (Å²) in [5, 5.41) is 4.32. The summed E-state index contributed by atoms with van der Waals surface area (Å²) < 4.78 is 8.64. The lowest BCUT2D eigenvalue weighted by Crippen LogP contribution is -2.36. The average molecular weight is 314 g/mol. The minimum Gasteiger partial charge on any atom is -0.460 e. The van der Waals surface area contributed by atoms with Gasteiger partial charge < -0.3 is 9.32 Å². The molecule has 0 spiro atoms. The third-order valence-corrected chi connectivity index (χ3v) is 4.40. The molecule has 7 nitrogen and oxygen atoms in total. The molecule has 1 amide bonds. The summed E-state index contributed by atoms with van der Waals surface area (Å²) >= 11 is 0. The van der Waals surface area contributed by atoms with E-state index in [-0.39, 0.29) is 18.0 Å². The van der Waals surface area contributed by atoms with Crippen LogP contribution in [0.3, 0.4) is 0 Å². The van der Waals surface area contributed by atoms with Gasteiger partial charge in [0.05, 0.1) is 5.52 Å². The number of rotatable bonds is 2. The summed E-state index contributed by atoms with van der Waals surface area (Å²) in [6.45, 7) is 5.22. The molecule has 7 heteroatoms. The molecule has 1 aliphatic heterocycles. The van der Waals surface area contributed by atoms with Crippen molar-refractivity contribution in [2.24, 2.45) is 0 Å². The van der Waals surface area contributed by atoms with Gasteiger partial charge in [-0.25, -0.2) is 4.68 Å². The Labute approximate surface area is 132 Å². The largest absolute Gasteiger partial charge is 0.460 e. The molecular weight excluding hydrogens is 296 g/mol. The van der Waals surface area contributed by atoms with Crippen molar-refractivity contribution in [1.29, 1.82) is 0 Å². The molecule has 0 radical (unpaired) electrons. The van der Waals surface area contributed by atoms with Gasteiger partial charge in [-0.2, -0.15) is 5.10 Å². The highest BCUT2D eigenvalue weighted by Gasteiger charge is 2.21. The van der Waals surface area contributed by atoms with Gasteiger partial charge >= 0.3 is 0 Å². The molecule has 0 bridgehead atoms. The molecule has 3 aromatic rings. The second kappa shape index (κ2) is 4.97. The lowest BCUT2D eigenvalue weighted by molar-refractivity contribution is -0.131. The molecule has 4 rings (SSSR count). The third-order valence-electron chi connectivity index (χ3n) is 4.40. The van der Waals surface area contributed by atoms with Crippen molar-refractivity contribution in [1.82, 2.24) is 19.1 Å². The predicted octanol–water partition coefficient (Wildman–Crippen LogP) is 1.48. The van der Waals surface area contributed by atoms with E-state index >= 15 is 0 Å². The van der Waals surface area contributed by atoms with Crippen LogP contribution in [-0.4, -0.2) is 38.1 Å². The van der Waals surface area contributed by atoms with Crippen molar-refractivity contribution >= 4 is 22.5 Å². The van der Waals surface area contributed by atoms with Gasteiger partial charge in [0, 0.05) is 25.2 Å². The molecule has 0 aliphatic carbocycles. The van der Waals surface area contributed by atoms with E-state index < -0.39 is 0 Å². The first-order valence-corrected chi connectivity index (χ1v) is 7.82. The maximum Gasteiger partial charge on any atom is 0.291 e. The Hall–Kier alpha value is -2.57. The Morgan fingerprint density at radius 3 is 2.70 bits per heavy atom. The van der Waals surface area contributed by atoms with E-state index in [2.05, 4.69) is 5.10 Å². The number of hydrogen-bond acceptors (Lipinski definition) is 4. The van der Waals surface area contributed by atoms with Crippen LogP contribution < -0.4 is 5.56 Å². The quantitative estimate of drug-likeness (QED) is 0.718. The topological polar surface area (TPSA) is 72.8 Å². The summed E-state index contributed by atoms with van der Waals surface area (Å²) in [4.78, 5) is 26.7. The number of aryl methyl sites for hydroxylation is 2. The molecule has 3 aromatic heterocycles. The van der Waals surface area contributed by atoms with Gasteiger partial charge in [0.2, 0.25) is 5.91 Å². The average Bonchev–Trinajstić information content (AvgIpc) is 3.18. The van der Waals surface area contributed by atoms with Gasteiger partial charge in [0.1, 0.15) is 23.6 Å². The summed E-state index contributed by atoms with van der Waals surface area (Å²) in [6, 6.07) is 3.60. The SMILES string of the molecule is Cc1cc2c(cc3c(=O)n(CC(=O)N4CCCC4)nc(C)n32)o1. The van der Waals surface area contributed by atoms with Crippen LogP contribution >= 0.6 is 0 Å². The van der Waals surface area contributed by atoms with E-state index in [4.69, 9.17) is 4.42 Å². The fraction of sp³-hybridized carbons (Fsp3) is 0.438. The van der Waals surface area contributed by atoms with Crippen LogP contribution in [0.4, 0.5) is 0 Å². The fourth-order valence-electron chi connectivity index (χ4n) is 3.32. The van der Waals surface area contributed by atoms with E-state index in [1.807, 2.05) is 19.9 Å². The highest BCUT2D eigenvalue weighted by molar-refractivity contribution is 5.83. The monoisotopic (exact) mass is 314 g/mol. The molecule has 0 saturated carbocycles. The zero-order valence-corrected chi connectivity index (χ0v) is 13.2. The highest BCUT2D eigenvalue weighted by atomic mass is 16.3. The lowest BCUT2D eigenvalue weighted by Gasteiger charge is -2.16. The smallest absolute Gasteiger partial charge is 0.291 e. The molecular formula is C16H18N4O3. The number of nitrogens with zero attached hydrogens (tertiary/aromatic N) is 4. The van der Waals surface area contributed by atoms with Crippen molar-refractivity contribution in [3.63, 3.8) is 0 Å². The highest BCUT2D eigenvalue weighted by Crippen LogP contribution is 2.22. The van der Waals surface area contributed by atoms with Crippen LogP contribution in [0.5, 0.6) is 0 Å². The minimum absolute atomic E-state index is 0.0122. The van der Waals surface area contributed by atoms with Crippen LogP contribution in [0.25, 0.3) is 16.6 Å². The van der Waals surface area contributed by atoms with E-state index in [1.165, 1.54) is 4.68 Å². The number of amides is 1. The van der Waals surface area contributed by atoms with Crippen molar-refractivity contribution in [3.05, 3.63) is 34.1 Å². The van der Waals surface area contributed by atoms with Crippen LogP contribution in [0, 0.1) is 13.8 Å². The van der Waals surface area contributed by atoms with Gasteiger partial charge in [-0.3, -0.25) is 14.0 Å². The van der Waals surface area contributed by atoms with Gasteiger partial charge in [-0.15, -0.1) is 0 Å². The Morgan fingerprint density at radius 2 is 1.96 bits per heavy atom. The normalized spacial score (nSPS) is 15.1. The van der Waals surface area contributed by atoms with Crippen LogP contribution in [0.1, 0.15) is 24.4 Å². The van der Waals surface area contributed by atoms with E-state index in [9.17, 15) is 9.59 Å². The number of carbonyl (C=O) groups is 1. The number of fused-ring (bicyclic) bond motifs is 3. The van der Waals surface area contributed by atoms with Crippen LogP contribution in [0.2, 0.25) is 0 Å². The minimum atomic E-state index is -0.271. The molecule has 1 saturated heterocycles. The Balaban J connectivity index is 1.80. The second-order valence-corrected chi connectivity index (χ2v) is 6.07. The molecule has 120 valence electrons. The molecule has 0 atom stereocenters. The van der Waals surface area contributed by atoms with Crippen LogP contribution in [-0.2, 0) is 11.3 Å². The number of hydrogen-bond donors (Lipinski definition) is 0. The lowest BCUT2D eigenvalue weighted by atomic mass is 10.4. The first-order valence-electron chi connectivity index (χ1n) is 7.82. The molecule has 4 heterocycles. The number of likely N-dealkylation sites (tertiary alicyclic amines) is 1. The summed E-state index contributed by atoms with van der Waals surface area (Å²) in [7, 11) is 0. The van der Waals surface area contributed by atoms with Crippen molar-refractivity contribution in [3.8, 4) is 0 Å². The Bertz CT molecular complexity index is 973. The van der Waals surface area contributed by atoms with Crippen LogP contribution in [0.15, 0.2) is 21.3 Å². The number of aromatic nitrogens is 3. The summed E-state index contributed by atoms with van der Waals surface area (Å²) in [5.74, 6) is 1.40. The third kappa shape index (κ3) is 2.15. The summed E-state index contributed by atoms with van der Waals surface area (Å²) in [5.41, 5.74) is 1.71. The zero-order valence-electron chi connectivity index (χ0n) is 13.2. The fourth-order valence-corrected chi connectivity index (χ4v) is 3.32. The molecule has 23 heavy (non-hydrogen) atoms. The molecule has 0 unspecified atom stereocenters. The van der Waals surface area contributed by atoms with Crippen molar-refractivity contribution < 1.29 is 9.21 Å². The first kappa shape index (κ1) is 14.0. The Morgan fingerprint density at radius 1 is 1.22 bits per heavy atom. The molecule has 1 aliphatic rings. The van der Waals surface area contributed by atoms with Gasteiger partial charge in [0.15, 0.2) is 5.58 Å². The van der Waals surface area contributed by atoms with Crippen molar-refractivity contribution in [2.45, 2.75) is 33.2 Å². The summed E-state index contributed by atoms with van der Waals surface area (Å²) in [6.07, 6.45) is 2.06. The maximum atomic E-state index is 12.7. The molecule has 1 fully saturated rings. The maximum absolute atomic E-state index is 12.7. The van der Waals surface area contributed by atoms with E-state index in [1.54, 1.807) is 15.4 Å². The number of carbonyl (C=O) groups excluding carboxylic acids is 1. The van der Waals surface area contributed by atoms with Gasteiger partial charge in [-0.1, -0.05) is 0 Å². The van der Waals surface area contributed by atoms with Gasteiger partial charge in [-0.05, 0) is 26.7 Å². The van der Waals surface area contributed by atoms with Crippen molar-refractivity contribution in [2.75, 3.05) is 13.1 Å². The van der Waals surface area contributed by atoms with E-state index in [0.717, 1.165) is 37.2 Å². The first-order chi connectivity index (χ1) is 11.0. The predicted molar refractivity (Wildman–Crippen MR) is 84.5 cm³/mol. The zero-order chi connectivity index (χ0) is 16.1. The van der Waals surface area contributed by atoms with E-state index in [0.29, 0.717) is 16.9 Å². The Kier molecular flexibility index (Phi) is 3.04. The number of furan rings is 1. The standard InChI is InChI=1S/C16H18N4O3/c1-10-7-12-14(23-10)8-13-16(22)19(17-11(2)20(12)13)9-15(21)18-5-3-4-6-18/h7-8H,3-6,9H2,1-2H3.